The fourth-order valence-electron chi connectivity index (χ4n) is 1.95. The van der Waals surface area contributed by atoms with Gasteiger partial charge in [-0.2, -0.15) is 0 Å². The molecule has 0 saturated heterocycles. The molecule has 0 spiro atoms. The van der Waals surface area contributed by atoms with Crippen LogP contribution in [0.3, 0.4) is 0 Å². The number of hydrogen-bond acceptors (Lipinski definition) is 8. The Morgan fingerprint density at radius 1 is 0.818 bits per heavy atom. The molecule has 0 saturated carbocycles. The van der Waals surface area contributed by atoms with Crippen molar-refractivity contribution in [2.45, 2.75) is 39.2 Å². The smallest absolute Gasteiger partial charge is 0.355 e. The molecule has 8 nitrogen and oxygen atoms in total. The summed E-state index contributed by atoms with van der Waals surface area (Å²) in [4.78, 5) is 11.1. The number of methoxy groups -OCH3 is 1. The molecule has 132 valence electrons. The van der Waals surface area contributed by atoms with Crippen molar-refractivity contribution in [3.8, 4) is 0 Å². The van der Waals surface area contributed by atoms with Gasteiger partial charge in [0, 0.05) is 7.11 Å². The summed E-state index contributed by atoms with van der Waals surface area (Å²) >= 11 is 0. The standard InChI is InChI=1S/C12H26O8P2/c1-6-17-21(14,18-7-2)12(16-5,10-11-13)22(15,19-8-3)20-9-4/h11H,6-10H2,1-5H3. The van der Waals surface area contributed by atoms with Gasteiger partial charge in [-0.1, -0.05) is 0 Å². The Bertz CT molecular complexity index is 375. The van der Waals surface area contributed by atoms with Gasteiger partial charge in [0.05, 0.1) is 32.8 Å². The van der Waals surface area contributed by atoms with Gasteiger partial charge in [0.15, 0.2) is 0 Å². The Morgan fingerprint density at radius 3 is 1.32 bits per heavy atom. The molecule has 22 heavy (non-hydrogen) atoms. The molecule has 0 aliphatic carbocycles. The van der Waals surface area contributed by atoms with Crippen molar-refractivity contribution in [1.82, 2.24) is 0 Å². The van der Waals surface area contributed by atoms with Crippen LogP contribution in [0.15, 0.2) is 0 Å². The van der Waals surface area contributed by atoms with Crippen LogP contribution in [0.4, 0.5) is 0 Å². The van der Waals surface area contributed by atoms with Crippen molar-refractivity contribution in [1.29, 1.82) is 0 Å². The zero-order valence-corrected chi connectivity index (χ0v) is 15.6. The van der Waals surface area contributed by atoms with E-state index in [1.54, 1.807) is 27.7 Å². The predicted octanol–water partition coefficient (Wildman–Crippen LogP) is 3.41. The van der Waals surface area contributed by atoms with E-state index >= 15 is 0 Å². The second-order valence-corrected chi connectivity index (χ2v) is 8.80. The van der Waals surface area contributed by atoms with Crippen LogP contribution in [0.2, 0.25) is 0 Å². The first kappa shape index (κ1) is 21.9. The van der Waals surface area contributed by atoms with E-state index < -0.39 is 26.7 Å². The summed E-state index contributed by atoms with van der Waals surface area (Å²) in [5.74, 6) is 0. The van der Waals surface area contributed by atoms with E-state index in [4.69, 9.17) is 22.8 Å². The maximum absolute atomic E-state index is 13.2. The largest absolute Gasteiger partial charge is 0.375 e. The molecule has 0 heterocycles. The van der Waals surface area contributed by atoms with Gasteiger partial charge in [0.25, 0.3) is 5.08 Å². The summed E-state index contributed by atoms with van der Waals surface area (Å²) < 4.78 is 52.6. The fourth-order valence-corrected chi connectivity index (χ4v) is 7.20. The third kappa shape index (κ3) is 4.26. The van der Waals surface area contributed by atoms with Crippen LogP contribution in [0.25, 0.3) is 0 Å². The van der Waals surface area contributed by atoms with Gasteiger partial charge in [0.1, 0.15) is 6.29 Å². The lowest BCUT2D eigenvalue weighted by Crippen LogP contribution is -2.35. The van der Waals surface area contributed by atoms with Gasteiger partial charge in [0.2, 0.25) is 0 Å². The average Bonchev–Trinajstić information content (AvgIpc) is 2.45. The Labute approximate surface area is 131 Å². The van der Waals surface area contributed by atoms with Crippen LogP contribution >= 0.6 is 15.2 Å². The Morgan fingerprint density at radius 2 is 1.14 bits per heavy atom. The highest BCUT2D eigenvalue weighted by Gasteiger charge is 2.66. The topological polar surface area (TPSA) is 97.4 Å². The number of carbonyl (C=O) groups is 1. The molecule has 0 aromatic carbocycles. The summed E-state index contributed by atoms with van der Waals surface area (Å²) in [5.41, 5.74) is 0. The first-order valence-electron chi connectivity index (χ1n) is 7.14. The van der Waals surface area contributed by atoms with Gasteiger partial charge in [-0.05, 0) is 27.7 Å². The number of carbonyl (C=O) groups excluding carboxylic acids is 1. The van der Waals surface area contributed by atoms with Crippen LogP contribution < -0.4 is 0 Å². The monoisotopic (exact) mass is 360 g/mol. The highest BCUT2D eigenvalue weighted by Crippen LogP contribution is 2.79. The van der Waals surface area contributed by atoms with Gasteiger partial charge in [-0.3, -0.25) is 9.13 Å². The van der Waals surface area contributed by atoms with E-state index in [0.29, 0.717) is 6.29 Å². The van der Waals surface area contributed by atoms with E-state index in [0.717, 1.165) is 0 Å². The Kier molecular flexibility index (Phi) is 9.90. The zero-order valence-electron chi connectivity index (χ0n) is 13.8. The van der Waals surface area contributed by atoms with Crippen LogP contribution in [-0.2, 0) is 36.8 Å². The maximum atomic E-state index is 13.2. The third-order valence-electron chi connectivity index (χ3n) is 2.73. The normalized spacial score (nSPS) is 13.3. The number of hydrogen-bond donors (Lipinski definition) is 0. The van der Waals surface area contributed by atoms with E-state index in [1.165, 1.54) is 7.11 Å². The first-order chi connectivity index (χ1) is 10.4. The van der Waals surface area contributed by atoms with Gasteiger partial charge in [-0.15, -0.1) is 0 Å². The minimum atomic E-state index is -4.12. The first-order valence-corrected chi connectivity index (χ1v) is 10.2. The SMILES string of the molecule is CCOP(=O)(OCC)C(CC=O)(OC)P(=O)(OCC)OCC. The fraction of sp³-hybridized carbons (Fsp3) is 0.917. The van der Waals surface area contributed by atoms with E-state index in [2.05, 4.69) is 0 Å². The van der Waals surface area contributed by atoms with Crippen molar-refractivity contribution in [2.75, 3.05) is 33.5 Å². The molecule has 10 heteroatoms. The van der Waals surface area contributed by atoms with Gasteiger partial charge in [-0.25, -0.2) is 0 Å². The van der Waals surface area contributed by atoms with Crippen LogP contribution in [-0.4, -0.2) is 44.9 Å². The van der Waals surface area contributed by atoms with Crippen LogP contribution in [0.5, 0.6) is 0 Å². The molecule has 0 unspecified atom stereocenters. The van der Waals surface area contributed by atoms with Crippen LogP contribution in [0, 0.1) is 0 Å². The molecule has 0 radical (unpaired) electrons. The molecule has 0 bridgehead atoms. The second-order valence-electron chi connectivity index (χ2n) is 3.98. The molecule has 0 aromatic heterocycles. The third-order valence-corrected chi connectivity index (χ3v) is 9.03. The molecule has 0 aliphatic rings. The summed E-state index contributed by atoms with van der Waals surface area (Å²) in [7, 11) is -7.08. The molecule has 0 atom stereocenters. The molecule has 0 rings (SSSR count). The maximum Gasteiger partial charge on any atom is 0.375 e. The van der Waals surface area contributed by atoms with Gasteiger partial charge < -0.3 is 27.6 Å². The number of rotatable bonds is 13. The molecule has 0 amide bonds. The highest BCUT2D eigenvalue weighted by atomic mass is 31.2. The lowest BCUT2D eigenvalue weighted by atomic mass is 10.5. The molecule has 0 aromatic rings. The average molecular weight is 360 g/mol. The van der Waals surface area contributed by atoms with E-state index in [-0.39, 0.29) is 26.4 Å². The van der Waals surface area contributed by atoms with Crippen molar-refractivity contribution >= 4 is 21.5 Å². The molecule has 0 aliphatic heterocycles. The molecule has 0 fully saturated rings. The lowest BCUT2D eigenvalue weighted by Gasteiger charge is -2.39. The predicted molar refractivity (Wildman–Crippen MR) is 82.1 cm³/mol. The summed E-state index contributed by atoms with van der Waals surface area (Å²) in [6, 6.07) is 0. The van der Waals surface area contributed by atoms with Crippen molar-refractivity contribution in [3.63, 3.8) is 0 Å². The summed E-state index contributed by atoms with van der Waals surface area (Å²) in [6.07, 6.45) is -0.0864. The minimum absolute atomic E-state index is 0.0134. The van der Waals surface area contributed by atoms with Crippen molar-refractivity contribution in [3.05, 3.63) is 0 Å². The Balaban J connectivity index is 6.26. The minimum Gasteiger partial charge on any atom is -0.355 e. The quantitative estimate of drug-likeness (QED) is 0.364. The number of aldehydes is 1. The van der Waals surface area contributed by atoms with E-state index in [1.807, 2.05) is 0 Å². The molecule has 0 N–H and O–H groups in total. The van der Waals surface area contributed by atoms with Crippen LogP contribution in [0.1, 0.15) is 34.1 Å². The van der Waals surface area contributed by atoms with Crippen molar-refractivity contribution in [2.24, 2.45) is 0 Å². The highest BCUT2D eigenvalue weighted by molar-refractivity contribution is 7.74. The summed E-state index contributed by atoms with van der Waals surface area (Å²) in [5, 5.41) is -2.14. The summed E-state index contributed by atoms with van der Waals surface area (Å²) in [6.45, 7) is 6.44. The van der Waals surface area contributed by atoms with Gasteiger partial charge >= 0.3 is 15.2 Å². The molecular formula is C12H26O8P2. The zero-order chi connectivity index (χ0) is 17.3. The molecular weight excluding hydrogens is 334 g/mol. The van der Waals surface area contributed by atoms with Crippen molar-refractivity contribution < 1.29 is 36.8 Å². The number of ether oxygens (including phenoxy) is 1. The Hall–Kier alpha value is -0.0700. The van der Waals surface area contributed by atoms with E-state index in [9.17, 15) is 13.9 Å². The second kappa shape index (κ2) is 9.93. The lowest BCUT2D eigenvalue weighted by molar-refractivity contribution is -0.110.